The summed E-state index contributed by atoms with van der Waals surface area (Å²) in [6.45, 7) is 7.51. The van der Waals surface area contributed by atoms with Crippen LogP contribution in [0.4, 0.5) is 14.5 Å². The number of anilines is 1. The number of amides is 1. The van der Waals surface area contributed by atoms with Crippen LogP contribution in [-0.2, 0) is 4.79 Å². The molecular formula is C21H30F2N2O2. The van der Waals surface area contributed by atoms with E-state index in [1.165, 1.54) is 32.1 Å². The van der Waals surface area contributed by atoms with Gasteiger partial charge in [-0.15, -0.1) is 0 Å². The summed E-state index contributed by atoms with van der Waals surface area (Å²) in [7, 11) is 0. The molecule has 0 saturated carbocycles. The fraction of sp³-hybridized carbons (Fsp3) is 0.667. The molecule has 4 nitrogen and oxygen atoms in total. The van der Waals surface area contributed by atoms with Crippen molar-refractivity contribution in [2.45, 2.75) is 58.5 Å². The maximum absolute atomic E-state index is 13.4. The zero-order chi connectivity index (χ0) is 19.4. The summed E-state index contributed by atoms with van der Waals surface area (Å²) in [6.07, 6.45) is 6.32. The van der Waals surface area contributed by atoms with Crippen molar-refractivity contribution in [1.82, 2.24) is 4.90 Å². The number of unbranched alkanes of at least 4 members (excludes halogenated alkanes) is 1. The van der Waals surface area contributed by atoms with Gasteiger partial charge in [0.25, 0.3) is 5.91 Å². The van der Waals surface area contributed by atoms with E-state index in [2.05, 4.69) is 24.1 Å². The molecule has 1 N–H and O–H groups in total. The molecule has 6 heteroatoms. The normalized spacial score (nSPS) is 22.1. The Morgan fingerprint density at radius 2 is 1.96 bits per heavy atom. The first kappa shape index (κ1) is 20.1. The number of halogens is 2. The second kappa shape index (κ2) is 9.00. The molecule has 1 aromatic rings. The minimum Gasteiger partial charge on any atom is -0.478 e. The summed E-state index contributed by atoms with van der Waals surface area (Å²) < 4.78 is 32.4. The van der Waals surface area contributed by atoms with Gasteiger partial charge in [-0.3, -0.25) is 4.79 Å². The number of rotatable bonds is 7. The van der Waals surface area contributed by atoms with Crippen molar-refractivity contribution in [2.24, 2.45) is 11.8 Å². The average molecular weight is 380 g/mol. The number of carbonyl (C=O) groups excluding carboxylic acids is 1. The molecule has 0 radical (unpaired) electrons. The molecule has 27 heavy (non-hydrogen) atoms. The number of nitrogens with one attached hydrogen (secondary N) is 1. The molecule has 2 aliphatic heterocycles. The predicted octanol–water partition coefficient (Wildman–Crippen LogP) is 4.59. The molecule has 150 valence electrons. The average Bonchev–Trinajstić information content (AvgIpc) is 2.63. The molecule has 2 heterocycles. The van der Waals surface area contributed by atoms with Crippen LogP contribution in [0.5, 0.6) is 5.75 Å². The van der Waals surface area contributed by atoms with E-state index >= 15 is 0 Å². The van der Waals surface area contributed by atoms with Gasteiger partial charge in [0.2, 0.25) is 0 Å². The standard InChI is InChI=1S/C21H30F2N2O2/c1-3-4-5-15-6-8-25(9-7-15)13-14(2)10-20-21(26)24-18-11-16(22)17(23)12-19(18)27-20/h11-12,14-15,20H,3-10,13H2,1-2H3,(H,24,26)/t14-,20+/m0/s1. The highest BCUT2D eigenvalue weighted by Crippen LogP contribution is 2.33. The molecule has 0 spiro atoms. The number of hydrogen-bond acceptors (Lipinski definition) is 3. The van der Waals surface area contributed by atoms with Crippen LogP contribution in [0.25, 0.3) is 0 Å². The number of fused-ring (bicyclic) bond motifs is 1. The predicted molar refractivity (Wildman–Crippen MR) is 102 cm³/mol. The lowest BCUT2D eigenvalue weighted by molar-refractivity contribution is -0.124. The first-order valence-corrected chi connectivity index (χ1v) is 10.1. The molecule has 0 bridgehead atoms. The Morgan fingerprint density at radius 1 is 1.26 bits per heavy atom. The zero-order valence-corrected chi connectivity index (χ0v) is 16.3. The van der Waals surface area contributed by atoms with Gasteiger partial charge in [-0.2, -0.15) is 0 Å². The molecule has 0 unspecified atom stereocenters. The van der Waals surface area contributed by atoms with Crippen LogP contribution < -0.4 is 10.1 Å². The largest absolute Gasteiger partial charge is 0.478 e. The monoisotopic (exact) mass is 380 g/mol. The molecule has 1 aromatic carbocycles. The lowest BCUT2D eigenvalue weighted by Gasteiger charge is -2.34. The molecule has 2 aliphatic rings. The Labute approximate surface area is 160 Å². The van der Waals surface area contributed by atoms with Crippen molar-refractivity contribution in [1.29, 1.82) is 0 Å². The maximum Gasteiger partial charge on any atom is 0.265 e. The van der Waals surface area contributed by atoms with E-state index in [4.69, 9.17) is 4.74 Å². The molecule has 1 saturated heterocycles. The van der Waals surface area contributed by atoms with Crippen molar-refractivity contribution in [3.05, 3.63) is 23.8 Å². The number of ether oxygens (including phenoxy) is 1. The van der Waals surface area contributed by atoms with Gasteiger partial charge in [-0.25, -0.2) is 8.78 Å². The summed E-state index contributed by atoms with van der Waals surface area (Å²) >= 11 is 0. The van der Waals surface area contributed by atoms with E-state index in [-0.39, 0.29) is 23.3 Å². The van der Waals surface area contributed by atoms with Gasteiger partial charge in [0.05, 0.1) is 5.69 Å². The Morgan fingerprint density at radius 3 is 2.67 bits per heavy atom. The Hall–Kier alpha value is -1.69. The first-order chi connectivity index (χ1) is 13.0. The number of hydrogen-bond donors (Lipinski definition) is 1. The summed E-state index contributed by atoms with van der Waals surface area (Å²) in [5, 5.41) is 2.63. The Kier molecular flexibility index (Phi) is 6.68. The van der Waals surface area contributed by atoms with E-state index in [0.29, 0.717) is 6.42 Å². The number of benzene rings is 1. The van der Waals surface area contributed by atoms with Crippen molar-refractivity contribution < 1.29 is 18.3 Å². The molecule has 1 amide bonds. The Bertz CT molecular complexity index is 660. The van der Waals surface area contributed by atoms with E-state index in [9.17, 15) is 13.6 Å². The number of piperidine rings is 1. The van der Waals surface area contributed by atoms with E-state index in [1.54, 1.807) is 0 Å². The SMILES string of the molecule is CCCCC1CCN(C[C@@H](C)C[C@H]2Oc3cc(F)c(F)cc3NC2=O)CC1. The molecular weight excluding hydrogens is 350 g/mol. The summed E-state index contributed by atoms with van der Waals surface area (Å²) in [5.41, 5.74) is 0.192. The highest BCUT2D eigenvalue weighted by molar-refractivity contribution is 5.97. The smallest absolute Gasteiger partial charge is 0.265 e. The van der Waals surface area contributed by atoms with Gasteiger partial charge >= 0.3 is 0 Å². The van der Waals surface area contributed by atoms with E-state index < -0.39 is 17.7 Å². The third-order valence-electron chi connectivity index (χ3n) is 5.70. The van der Waals surface area contributed by atoms with Gasteiger partial charge in [-0.05, 0) is 44.2 Å². The fourth-order valence-corrected chi connectivity index (χ4v) is 4.13. The van der Waals surface area contributed by atoms with Crippen LogP contribution in [0, 0.1) is 23.5 Å². The summed E-state index contributed by atoms with van der Waals surface area (Å²) in [5.74, 6) is -0.925. The van der Waals surface area contributed by atoms with Crippen LogP contribution in [-0.4, -0.2) is 36.5 Å². The second-order valence-electron chi connectivity index (χ2n) is 8.09. The van der Waals surface area contributed by atoms with Crippen LogP contribution in [0.1, 0.15) is 52.4 Å². The van der Waals surface area contributed by atoms with E-state index in [1.807, 2.05) is 0 Å². The number of likely N-dealkylation sites (tertiary alicyclic amines) is 1. The van der Waals surface area contributed by atoms with Crippen LogP contribution in [0.2, 0.25) is 0 Å². The quantitative estimate of drug-likeness (QED) is 0.752. The highest BCUT2D eigenvalue weighted by Gasteiger charge is 2.31. The van der Waals surface area contributed by atoms with Crippen LogP contribution in [0.15, 0.2) is 12.1 Å². The van der Waals surface area contributed by atoms with E-state index in [0.717, 1.165) is 37.7 Å². The van der Waals surface area contributed by atoms with Crippen molar-refractivity contribution in [3.63, 3.8) is 0 Å². The second-order valence-corrected chi connectivity index (χ2v) is 8.09. The van der Waals surface area contributed by atoms with Crippen molar-refractivity contribution in [3.8, 4) is 5.75 Å². The maximum atomic E-state index is 13.4. The highest BCUT2D eigenvalue weighted by atomic mass is 19.2. The Balaban J connectivity index is 1.49. The van der Waals surface area contributed by atoms with Gasteiger partial charge in [0, 0.05) is 18.7 Å². The topological polar surface area (TPSA) is 41.6 Å². The van der Waals surface area contributed by atoms with Gasteiger partial charge < -0.3 is 15.0 Å². The zero-order valence-electron chi connectivity index (χ0n) is 16.3. The number of carbonyl (C=O) groups is 1. The minimum absolute atomic E-state index is 0.192. The van der Waals surface area contributed by atoms with Gasteiger partial charge in [0.15, 0.2) is 17.7 Å². The lowest BCUT2D eigenvalue weighted by Crippen LogP contribution is -2.41. The molecule has 3 rings (SSSR count). The summed E-state index contributed by atoms with van der Waals surface area (Å²) in [4.78, 5) is 14.7. The fourth-order valence-electron chi connectivity index (χ4n) is 4.13. The summed E-state index contributed by atoms with van der Waals surface area (Å²) in [6, 6.07) is 1.97. The van der Waals surface area contributed by atoms with Crippen molar-refractivity contribution >= 4 is 11.6 Å². The molecule has 2 atom stereocenters. The molecule has 0 aromatic heterocycles. The van der Waals surface area contributed by atoms with Crippen LogP contribution in [0.3, 0.4) is 0 Å². The van der Waals surface area contributed by atoms with Crippen molar-refractivity contribution in [2.75, 3.05) is 25.0 Å². The molecule has 0 aliphatic carbocycles. The lowest BCUT2D eigenvalue weighted by atomic mass is 9.91. The van der Waals surface area contributed by atoms with Crippen LogP contribution >= 0.6 is 0 Å². The number of nitrogens with zero attached hydrogens (tertiary/aromatic N) is 1. The minimum atomic E-state index is -0.994. The third-order valence-corrected chi connectivity index (χ3v) is 5.70. The van der Waals surface area contributed by atoms with Gasteiger partial charge in [-0.1, -0.05) is 33.1 Å². The third kappa shape index (κ3) is 5.18. The molecule has 1 fully saturated rings. The first-order valence-electron chi connectivity index (χ1n) is 10.1. The van der Waals surface area contributed by atoms with Gasteiger partial charge in [0.1, 0.15) is 5.75 Å².